The number of non-ortho nitro benzene ring substituents is 2. The molecule has 412 valence electrons. The molecule has 79 heavy (non-hydrogen) atoms. The van der Waals surface area contributed by atoms with Gasteiger partial charge in [-0.1, -0.05) is 27.7 Å². The number of carbonyl (C=O) groups is 6. The van der Waals surface area contributed by atoms with Gasteiger partial charge in [0.2, 0.25) is 11.8 Å². The summed E-state index contributed by atoms with van der Waals surface area (Å²) >= 11 is 4.92. The second kappa shape index (κ2) is 27.0. The molecule has 0 bridgehead atoms. The summed E-state index contributed by atoms with van der Waals surface area (Å²) < 4.78 is 52.5. The lowest BCUT2D eigenvalue weighted by Gasteiger charge is -2.32. The average Bonchev–Trinajstić information content (AvgIpc) is 3.72. The summed E-state index contributed by atoms with van der Waals surface area (Å²) in [5.74, 6) is -0.971. The fourth-order valence-corrected chi connectivity index (χ4v) is 7.74. The number of benzene rings is 6. The van der Waals surface area contributed by atoms with Gasteiger partial charge in [0.1, 0.15) is 65.8 Å². The summed E-state index contributed by atoms with van der Waals surface area (Å²) in [4.78, 5) is 96.6. The first kappa shape index (κ1) is 58.7. The van der Waals surface area contributed by atoms with Gasteiger partial charge in [0.25, 0.3) is 23.2 Å². The van der Waals surface area contributed by atoms with Crippen molar-refractivity contribution in [3.63, 3.8) is 0 Å². The number of aliphatic hydroxyl groups is 1. The van der Waals surface area contributed by atoms with Gasteiger partial charge in [0.15, 0.2) is 0 Å². The zero-order chi connectivity index (χ0) is 57.5. The minimum atomic E-state index is -1.07. The Morgan fingerprint density at radius 3 is 1.32 bits per heavy atom. The van der Waals surface area contributed by atoms with Gasteiger partial charge in [-0.3, -0.25) is 39.4 Å². The first-order valence-electron chi connectivity index (χ1n) is 23.8. The van der Waals surface area contributed by atoms with Crippen molar-refractivity contribution < 1.29 is 76.2 Å². The summed E-state index contributed by atoms with van der Waals surface area (Å²) in [6, 6.07) is 28.9. The van der Waals surface area contributed by atoms with E-state index in [1.54, 1.807) is 32.0 Å². The number of nitrogens with one attached hydrogen (secondary N) is 2. The molecule has 0 aliphatic carbocycles. The van der Waals surface area contributed by atoms with Crippen LogP contribution in [-0.2, 0) is 14.3 Å². The van der Waals surface area contributed by atoms with Crippen molar-refractivity contribution in [3.8, 4) is 34.5 Å². The number of rotatable bonds is 15. The molecule has 2 aliphatic rings. The first-order valence-corrected chi connectivity index (χ1v) is 24.1. The lowest BCUT2D eigenvalue weighted by Crippen LogP contribution is -2.48. The minimum absolute atomic E-state index is 0.0213. The van der Waals surface area contributed by atoms with E-state index in [-0.39, 0.29) is 89.8 Å². The number of carbonyl (C=O) groups excluding carboxylic acids is 6. The highest BCUT2D eigenvalue weighted by Crippen LogP contribution is 2.33. The molecule has 8 rings (SSSR count). The van der Waals surface area contributed by atoms with Crippen LogP contribution in [0.5, 0.6) is 34.5 Å². The standard InChI is InChI=1S/C27H24FN3O8.C20H21FN2O4.C7H4ClNO4/c1-16(2)24(15-37-27(34)39-20-9-5-18(6-10-20)31(35)36)30-14-25(32)29-23-12-11-21(13-22(23)26(30)33)38-19-7-3-17(28)4-8-19;1-12(2)18(11-24)23-10-19(25)22-17-8-7-15(9-16(17)20(23)26)27-14-5-3-13(21)4-6-14;8-7(10)13-6-3-1-5(2-4-6)9(11)12/h3-13,16,24H,14-15H2,1-2H3,(H,29,32);3-9,12,18,24H,10-11H2,1-2H3,(H,22,25);1-4H/t24-;18-;/m00./s1. The Bertz CT molecular complexity index is 3200. The van der Waals surface area contributed by atoms with Crippen LogP contribution < -0.4 is 29.6 Å². The molecule has 2 aliphatic heterocycles. The number of nitrogens with zero attached hydrogens (tertiary/aromatic N) is 4. The number of nitro benzene ring substituents is 2. The zero-order valence-corrected chi connectivity index (χ0v) is 43.1. The van der Waals surface area contributed by atoms with Gasteiger partial charge in [-0.25, -0.2) is 18.4 Å². The molecule has 6 aromatic carbocycles. The van der Waals surface area contributed by atoms with Crippen LogP contribution in [0.3, 0.4) is 0 Å². The number of nitro groups is 2. The monoisotopic (exact) mass is 1110 g/mol. The third kappa shape index (κ3) is 16.5. The van der Waals surface area contributed by atoms with Crippen LogP contribution in [0.2, 0.25) is 0 Å². The van der Waals surface area contributed by atoms with Crippen LogP contribution in [0.25, 0.3) is 0 Å². The molecule has 22 nitrogen and oxygen atoms in total. The number of anilines is 2. The fraction of sp³-hybridized carbons (Fsp3) is 0.222. The highest BCUT2D eigenvalue weighted by molar-refractivity contribution is 6.61. The van der Waals surface area contributed by atoms with Crippen molar-refractivity contribution in [3.05, 3.63) is 176 Å². The van der Waals surface area contributed by atoms with Crippen molar-refractivity contribution in [1.29, 1.82) is 0 Å². The molecule has 6 aromatic rings. The highest BCUT2D eigenvalue weighted by Gasteiger charge is 2.35. The molecule has 2 heterocycles. The normalized spacial score (nSPS) is 13.5. The maximum Gasteiger partial charge on any atom is 0.513 e. The number of hydrogen-bond donors (Lipinski definition) is 3. The third-order valence-corrected chi connectivity index (χ3v) is 11.7. The lowest BCUT2D eigenvalue weighted by atomic mass is 10.0. The predicted molar refractivity (Wildman–Crippen MR) is 280 cm³/mol. The van der Waals surface area contributed by atoms with Gasteiger partial charge in [-0.2, -0.15) is 0 Å². The Hall–Kier alpha value is -9.55. The third-order valence-electron chi connectivity index (χ3n) is 11.6. The van der Waals surface area contributed by atoms with E-state index in [0.717, 1.165) is 0 Å². The molecule has 0 radical (unpaired) electrons. The molecule has 0 fully saturated rings. The highest BCUT2D eigenvalue weighted by atomic mass is 35.5. The summed E-state index contributed by atoms with van der Waals surface area (Å²) in [7, 11) is 0. The van der Waals surface area contributed by atoms with Crippen molar-refractivity contribution >= 4 is 69.6 Å². The van der Waals surface area contributed by atoms with E-state index in [0.29, 0.717) is 34.4 Å². The van der Waals surface area contributed by atoms with E-state index < -0.39 is 51.1 Å². The van der Waals surface area contributed by atoms with Gasteiger partial charge in [0.05, 0.1) is 51.0 Å². The maximum absolute atomic E-state index is 13.6. The zero-order valence-electron chi connectivity index (χ0n) is 42.3. The van der Waals surface area contributed by atoms with Crippen LogP contribution in [0, 0.1) is 43.7 Å². The number of aliphatic hydroxyl groups excluding tert-OH is 1. The molecule has 25 heteroatoms. The summed E-state index contributed by atoms with van der Waals surface area (Å²) in [5.41, 5.74) is -0.0956. The first-order chi connectivity index (χ1) is 37.6. The Labute approximate surface area is 453 Å². The molecule has 0 aromatic heterocycles. The molecule has 0 saturated carbocycles. The van der Waals surface area contributed by atoms with Crippen molar-refractivity contribution in [2.75, 3.05) is 36.9 Å². The van der Waals surface area contributed by atoms with Crippen molar-refractivity contribution in [1.82, 2.24) is 9.80 Å². The van der Waals surface area contributed by atoms with Crippen LogP contribution >= 0.6 is 11.6 Å². The molecule has 3 N–H and O–H groups in total. The Balaban J connectivity index is 0.000000217. The molecular weight excluding hydrogens is 1060 g/mol. The largest absolute Gasteiger partial charge is 0.513 e. The Morgan fingerprint density at radius 1 is 0.582 bits per heavy atom. The van der Waals surface area contributed by atoms with Crippen molar-refractivity contribution in [2.45, 2.75) is 39.8 Å². The lowest BCUT2D eigenvalue weighted by molar-refractivity contribution is -0.385. The van der Waals surface area contributed by atoms with E-state index in [1.165, 1.54) is 125 Å². The second-order valence-corrected chi connectivity index (χ2v) is 18.1. The SMILES string of the molecule is CC(C)[C@H](CO)N1CC(=O)Nc2ccc(Oc3ccc(F)cc3)cc2C1=O.CC(C)[C@H](COC(=O)Oc1ccc([N+](=O)[O-])cc1)N1CC(=O)Nc2ccc(Oc3ccc(F)cc3)cc2C1=O.O=C(Cl)Oc1ccc([N+](=O)[O-])cc1. The molecule has 0 saturated heterocycles. The van der Waals surface area contributed by atoms with Gasteiger partial charge >= 0.3 is 11.6 Å². The van der Waals surface area contributed by atoms with Crippen LogP contribution in [0.15, 0.2) is 133 Å². The van der Waals surface area contributed by atoms with Crippen molar-refractivity contribution in [2.24, 2.45) is 11.8 Å². The Morgan fingerprint density at radius 2 is 0.949 bits per heavy atom. The second-order valence-electron chi connectivity index (χ2n) is 17.8. The predicted octanol–water partition coefficient (Wildman–Crippen LogP) is 10.5. The smallest absolute Gasteiger partial charge is 0.457 e. The number of hydrogen-bond acceptors (Lipinski definition) is 16. The quantitative estimate of drug-likeness (QED) is 0.0283. The average molecular weight is 1110 g/mol. The summed E-state index contributed by atoms with van der Waals surface area (Å²) in [5, 5.41) is 36.1. The van der Waals surface area contributed by atoms with Crippen LogP contribution in [0.1, 0.15) is 48.4 Å². The number of halogens is 3. The topological polar surface area (TPSA) is 286 Å². The van der Waals surface area contributed by atoms with Gasteiger partial charge in [-0.05, 0) is 121 Å². The van der Waals surface area contributed by atoms with Crippen LogP contribution in [0.4, 0.5) is 41.1 Å². The fourth-order valence-electron chi connectivity index (χ4n) is 7.66. The van der Waals surface area contributed by atoms with E-state index in [2.05, 4.69) is 15.4 Å². The minimum Gasteiger partial charge on any atom is -0.457 e. The van der Waals surface area contributed by atoms with Gasteiger partial charge in [-0.15, -0.1) is 0 Å². The maximum atomic E-state index is 13.6. The van der Waals surface area contributed by atoms with Gasteiger partial charge in [0, 0.05) is 35.9 Å². The van der Waals surface area contributed by atoms with Gasteiger partial charge < -0.3 is 49.2 Å². The Kier molecular flexibility index (Phi) is 20.0. The molecule has 4 amide bonds. The van der Waals surface area contributed by atoms with E-state index >= 15 is 0 Å². The molecule has 2 atom stereocenters. The molecule has 0 unspecified atom stereocenters. The molecular formula is C54H49ClF2N6O16. The summed E-state index contributed by atoms with van der Waals surface area (Å²) in [6.07, 6.45) is -1.07. The van der Waals surface area contributed by atoms with E-state index in [9.17, 15) is 62.9 Å². The van der Waals surface area contributed by atoms with Crippen LogP contribution in [-0.4, -0.2) is 98.4 Å². The number of fused-ring (bicyclic) bond motifs is 2. The number of ether oxygens (including phenoxy) is 5. The molecule has 0 spiro atoms. The number of amides is 4. The summed E-state index contributed by atoms with van der Waals surface area (Å²) in [6.45, 7) is 6.44. The van der Waals surface area contributed by atoms with E-state index in [1.807, 2.05) is 13.8 Å². The van der Waals surface area contributed by atoms with E-state index in [4.69, 9.17) is 30.5 Å².